The van der Waals surface area contributed by atoms with E-state index in [1.165, 1.54) is 6.07 Å². The SMILES string of the molecule is C[Si](C)(C)CCOCn1c([C@@H](NC(=O)OCc2ccccc2)C2CCC(F)(F)CC2)nc2c(F)c(C3(C(=O)N4CC(F)(F)C4)CCOCC3)ccc21. The molecule has 3 fully saturated rings. The smallest absolute Gasteiger partial charge is 0.408 e. The first-order valence-electron chi connectivity index (χ1n) is 17.9. The normalized spacial score (nSPS) is 20.7. The largest absolute Gasteiger partial charge is 0.445 e. The van der Waals surface area contributed by atoms with E-state index < -0.39 is 68.2 Å². The molecule has 2 aromatic carbocycles. The lowest BCUT2D eigenvalue weighted by Crippen LogP contribution is -2.63. The zero-order valence-electron chi connectivity index (χ0n) is 29.9. The number of rotatable bonds is 12. The lowest BCUT2D eigenvalue weighted by Gasteiger charge is -2.46. The number of hydrogen-bond donors (Lipinski definition) is 1. The first kappa shape index (κ1) is 38.2. The van der Waals surface area contributed by atoms with Gasteiger partial charge in [0.25, 0.3) is 5.92 Å². The summed E-state index contributed by atoms with van der Waals surface area (Å²) in [4.78, 5) is 33.0. The highest BCUT2D eigenvalue weighted by molar-refractivity contribution is 6.76. The van der Waals surface area contributed by atoms with Crippen LogP contribution >= 0.6 is 0 Å². The van der Waals surface area contributed by atoms with Crippen LogP contribution in [-0.2, 0) is 37.8 Å². The van der Waals surface area contributed by atoms with Crippen LogP contribution in [0.2, 0.25) is 25.7 Å². The summed E-state index contributed by atoms with van der Waals surface area (Å²) in [6.07, 6.45) is -1.23. The van der Waals surface area contributed by atoms with Crippen LogP contribution in [0.15, 0.2) is 42.5 Å². The maximum absolute atomic E-state index is 17.0. The van der Waals surface area contributed by atoms with Crippen molar-refractivity contribution in [2.75, 3.05) is 32.9 Å². The van der Waals surface area contributed by atoms with Crippen LogP contribution in [0.3, 0.4) is 0 Å². The van der Waals surface area contributed by atoms with Gasteiger partial charge < -0.3 is 29.0 Å². The second-order valence-electron chi connectivity index (χ2n) is 15.6. The number of aromatic nitrogens is 2. The Balaban J connectivity index is 1.40. The minimum atomic E-state index is -3.00. The number of imidazole rings is 1. The highest BCUT2D eigenvalue weighted by Gasteiger charge is 2.54. The van der Waals surface area contributed by atoms with Crippen molar-refractivity contribution in [1.82, 2.24) is 19.8 Å². The number of nitrogens with one attached hydrogen (secondary N) is 1. The number of benzene rings is 2. The van der Waals surface area contributed by atoms with Crippen LogP contribution in [0.4, 0.5) is 26.7 Å². The molecule has 3 heterocycles. The average Bonchev–Trinajstić information content (AvgIpc) is 3.46. The Bertz CT molecular complexity index is 1730. The summed E-state index contributed by atoms with van der Waals surface area (Å²) in [5.74, 6) is -7.50. The molecule has 1 aliphatic carbocycles. The molecule has 52 heavy (non-hydrogen) atoms. The number of carbonyl (C=O) groups is 2. The molecule has 284 valence electrons. The van der Waals surface area contributed by atoms with Gasteiger partial charge in [0, 0.05) is 46.3 Å². The summed E-state index contributed by atoms with van der Waals surface area (Å²) >= 11 is 0. The molecule has 9 nitrogen and oxygen atoms in total. The molecule has 1 N–H and O–H groups in total. The molecule has 15 heteroatoms. The fraction of sp³-hybridized carbons (Fsp3) is 0.595. The first-order valence-corrected chi connectivity index (χ1v) is 21.7. The Hall–Kier alpha value is -3.56. The average molecular weight is 751 g/mol. The Morgan fingerprint density at radius 2 is 1.65 bits per heavy atom. The summed E-state index contributed by atoms with van der Waals surface area (Å²) in [6, 6.07) is 12.1. The number of alkyl carbamates (subject to hydrolysis) is 1. The lowest BCUT2D eigenvalue weighted by molar-refractivity contribution is -0.174. The van der Waals surface area contributed by atoms with E-state index in [1.54, 1.807) is 22.8 Å². The molecule has 0 radical (unpaired) electrons. The minimum absolute atomic E-state index is 0.0287. The molecule has 0 bridgehead atoms. The molecule has 3 aromatic rings. The molecule has 6 rings (SSSR count). The van der Waals surface area contributed by atoms with Gasteiger partial charge in [-0.3, -0.25) is 4.79 Å². The Morgan fingerprint density at radius 3 is 2.29 bits per heavy atom. The van der Waals surface area contributed by atoms with Gasteiger partial charge in [-0.25, -0.2) is 31.7 Å². The molecular formula is C37H47F5N4O5Si. The van der Waals surface area contributed by atoms with Gasteiger partial charge in [-0.15, -0.1) is 0 Å². The van der Waals surface area contributed by atoms with E-state index in [9.17, 15) is 27.2 Å². The number of alkyl halides is 4. The van der Waals surface area contributed by atoms with Gasteiger partial charge in [0.1, 0.15) is 24.7 Å². The van der Waals surface area contributed by atoms with Gasteiger partial charge in [0.2, 0.25) is 11.8 Å². The van der Waals surface area contributed by atoms with E-state index in [2.05, 4.69) is 25.0 Å². The standard InChI is InChI=1S/C37H47F5N4O5Si/c1-52(2,3)20-19-50-24-46-28-10-9-27(35(15-17-49-18-16-35)33(47)45-22-37(41,42)23-45)29(38)31(28)43-32(46)30(26-11-13-36(39,40)14-12-26)44-34(48)51-21-25-7-5-4-6-8-25/h4-10,26,30H,11-24H2,1-3H3,(H,44,48)/t30-/m0/s1. The summed E-state index contributed by atoms with van der Waals surface area (Å²) in [5, 5.41) is 2.87. The zero-order valence-corrected chi connectivity index (χ0v) is 30.9. The van der Waals surface area contributed by atoms with Gasteiger partial charge in [-0.1, -0.05) is 56.0 Å². The highest BCUT2D eigenvalue weighted by Crippen LogP contribution is 2.45. The summed E-state index contributed by atoms with van der Waals surface area (Å²) in [6.45, 7) is 5.76. The number of carbonyl (C=O) groups excluding carboxylic acids is 2. The van der Waals surface area contributed by atoms with Crippen LogP contribution in [0.25, 0.3) is 11.0 Å². The molecule has 3 aliphatic rings. The summed E-state index contributed by atoms with van der Waals surface area (Å²) in [7, 11) is -1.49. The van der Waals surface area contributed by atoms with Crippen molar-refractivity contribution in [1.29, 1.82) is 0 Å². The summed E-state index contributed by atoms with van der Waals surface area (Å²) < 4.78 is 92.4. The van der Waals surface area contributed by atoms with Crippen molar-refractivity contribution in [2.24, 2.45) is 5.92 Å². The number of likely N-dealkylation sites (tertiary alicyclic amines) is 1. The third-order valence-electron chi connectivity index (χ3n) is 10.5. The molecule has 0 unspecified atom stereocenters. The molecule has 2 amide bonds. The van der Waals surface area contributed by atoms with E-state index in [-0.39, 0.29) is 82.0 Å². The van der Waals surface area contributed by atoms with Crippen molar-refractivity contribution in [2.45, 2.75) is 101 Å². The number of fused-ring (bicyclic) bond motifs is 1. The second-order valence-corrected chi connectivity index (χ2v) is 21.3. The zero-order chi connectivity index (χ0) is 37.3. The third kappa shape index (κ3) is 8.46. The number of nitrogens with zero attached hydrogens (tertiary/aromatic N) is 3. The molecule has 1 atom stereocenters. The molecule has 2 aliphatic heterocycles. The molecule has 1 saturated carbocycles. The molecule has 1 aromatic heterocycles. The third-order valence-corrected chi connectivity index (χ3v) is 12.2. The maximum atomic E-state index is 17.0. The van der Waals surface area contributed by atoms with Crippen molar-refractivity contribution >= 4 is 31.1 Å². The van der Waals surface area contributed by atoms with Crippen LogP contribution in [-0.4, -0.2) is 79.3 Å². The van der Waals surface area contributed by atoms with Gasteiger partial charge in [-0.2, -0.15) is 0 Å². The fourth-order valence-electron chi connectivity index (χ4n) is 7.41. The fourth-order valence-corrected chi connectivity index (χ4v) is 8.17. The minimum Gasteiger partial charge on any atom is -0.445 e. The highest BCUT2D eigenvalue weighted by atomic mass is 28.3. The first-order chi connectivity index (χ1) is 24.6. The Kier molecular flexibility index (Phi) is 11.0. The van der Waals surface area contributed by atoms with Gasteiger partial charge >= 0.3 is 6.09 Å². The topological polar surface area (TPSA) is 94.9 Å². The molecular weight excluding hydrogens is 704 g/mol. The molecule has 2 saturated heterocycles. The van der Waals surface area contributed by atoms with Crippen LogP contribution in [0, 0.1) is 11.7 Å². The van der Waals surface area contributed by atoms with Crippen LogP contribution in [0.1, 0.15) is 61.5 Å². The monoisotopic (exact) mass is 750 g/mol. The predicted molar refractivity (Wildman–Crippen MR) is 186 cm³/mol. The lowest BCUT2D eigenvalue weighted by atomic mass is 9.72. The van der Waals surface area contributed by atoms with Crippen molar-refractivity contribution in [3.63, 3.8) is 0 Å². The number of amides is 2. The number of hydrogen-bond acceptors (Lipinski definition) is 6. The predicted octanol–water partition coefficient (Wildman–Crippen LogP) is 7.81. The van der Waals surface area contributed by atoms with Crippen molar-refractivity contribution in [3.8, 4) is 0 Å². The quantitative estimate of drug-likeness (QED) is 0.115. The summed E-state index contributed by atoms with van der Waals surface area (Å²) in [5.41, 5.74) is -0.441. The van der Waals surface area contributed by atoms with E-state index in [0.29, 0.717) is 12.1 Å². The van der Waals surface area contributed by atoms with Gasteiger partial charge in [-0.05, 0) is 49.3 Å². The van der Waals surface area contributed by atoms with E-state index in [1.807, 2.05) is 18.2 Å². The second kappa shape index (κ2) is 15.1. The van der Waals surface area contributed by atoms with E-state index >= 15 is 4.39 Å². The van der Waals surface area contributed by atoms with E-state index in [0.717, 1.165) is 16.5 Å². The van der Waals surface area contributed by atoms with E-state index in [4.69, 9.17) is 19.2 Å². The Labute approximate surface area is 301 Å². The van der Waals surface area contributed by atoms with Crippen LogP contribution in [0.5, 0.6) is 0 Å². The number of halogens is 5. The van der Waals surface area contributed by atoms with Crippen LogP contribution < -0.4 is 5.32 Å². The maximum Gasteiger partial charge on any atom is 0.408 e. The van der Waals surface area contributed by atoms with Gasteiger partial charge in [0.05, 0.1) is 30.1 Å². The Morgan fingerprint density at radius 1 is 0.981 bits per heavy atom. The van der Waals surface area contributed by atoms with Gasteiger partial charge in [0.15, 0.2) is 5.82 Å². The van der Waals surface area contributed by atoms with Crippen molar-refractivity contribution < 1.29 is 45.8 Å². The number of ether oxygens (including phenoxy) is 3. The molecule has 0 spiro atoms. The van der Waals surface area contributed by atoms with Crippen molar-refractivity contribution in [3.05, 3.63) is 65.2 Å².